The van der Waals surface area contributed by atoms with Crippen LogP contribution in [0.3, 0.4) is 0 Å². The smallest absolute Gasteiger partial charge is 0.336 e. The number of rotatable bonds is 8. The molecule has 9 nitrogen and oxygen atoms in total. The molecule has 1 aromatic heterocycles. The Morgan fingerprint density at radius 1 is 1.08 bits per heavy atom. The van der Waals surface area contributed by atoms with Crippen LogP contribution in [-0.4, -0.2) is 51.9 Å². The molecule has 0 saturated carbocycles. The van der Waals surface area contributed by atoms with E-state index in [1.54, 1.807) is 32.2 Å². The minimum atomic E-state index is -1.47. The average Bonchev–Trinajstić information content (AvgIpc) is 3.36. The first-order chi connectivity index (χ1) is 18.2. The molecule has 1 aliphatic heterocycles. The van der Waals surface area contributed by atoms with Crippen LogP contribution in [0.5, 0.6) is 11.5 Å². The van der Waals surface area contributed by atoms with Crippen molar-refractivity contribution in [2.75, 3.05) is 18.5 Å². The Labute approximate surface area is 225 Å². The van der Waals surface area contributed by atoms with E-state index >= 15 is 0 Å². The third-order valence-electron chi connectivity index (χ3n) is 6.59. The SMILES string of the molecule is CCOC(=O)C1=C(C)NC(C)C(Nc2nc(-c3ccc(O)c(O)c3)cs2)(C(=O)OCC)C1c1ccccc1. The van der Waals surface area contributed by atoms with Gasteiger partial charge in [0.2, 0.25) is 0 Å². The third kappa shape index (κ3) is 4.91. The number of aromatic nitrogens is 1. The van der Waals surface area contributed by atoms with Gasteiger partial charge in [0.05, 0.1) is 36.4 Å². The van der Waals surface area contributed by atoms with Gasteiger partial charge >= 0.3 is 11.9 Å². The van der Waals surface area contributed by atoms with E-state index in [1.807, 2.05) is 37.3 Å². The van der Waals surface area contributed by atoms with Gasteiger partial charge in [0.1, 0.15) is 0 Å². The van der Waals surface area contributed by atoms with E-state index in [0.717, 1.165) is 5.56 Å². The molecule has 2 heterocycles. The molecule has 4 rings (SSSR count). The molecule has 0 fully saturated rings. The van der Waals surface area contributed by atoms with Gasteiger partial charge in [-0.25, -0.2) is 14.6 Å². The lowest BCUT2D eigenvalue weighted by molar-refractivity contribution is -0.151. The Morgan fingerprint density at radius 2 is 1.79 bits per heavy atom. The zero-order chi connectivity index (χ0) is 27.4. The van der Waals surface area contributed by atoms with Gasteiger partial charge in [0.25, 0.3) is 0 Å². The van der Waals surface area contributed by atoms with Crippen LogP contribution in [-0.2, 0) is 19.1 Å². The van der Waals surface area contributed by atoms with Gasteiger partial charge in [-0.15, -0.1) is 11.3 Å². The van der Waals surface area contributed by atoms with Crippen molar-refractivity contribution in [2.24, 2.45) is 0 Å². The van der Waals surface area contributed by atoms with E-state index in [0.29, 0.717) is 27.7 Å². The molecule has 3 unspecified atom stereocenters. The lowest BCUT2D eigenvalue weighted by Crippen LogP contribution is -2.66. The minimum absolute atomic E-state index is 0.143. The highest BCUT2D eigenvalue weighted by Gasteiger charge is 2.58. The van der Waals surface area contributed by atoms with Crippen molar-refractivity contribution >= 4 is 28.4 Å². The van der Waals surface area contributed by atoms with Crippen LogP contribution in [0.15, 0.2) is 65.2 Å². The number of thiazole rings is 1. The van der Waals surface area contributed by atoms with Crippen LogP contribution >= 0.6 is 11.3 Å². The molecule has 38 heavy (non-hydrogen) atoms. The summed E-state index contributed by atoms with van der Waals surface area (Å²) in [4.78, 5) is 31.9. The molecule has 3 aromatic rings. The highest BCUT2D eigenvalue weighted by atomic mass is 32.1. The van der Waals surface area contributed by atoms with E-state index < -0.39 is 29.4 Å². The Bertz CT molecular complexity index is 1360. The lowest BCUT2D eigenvalue weighted by atomic mass is 9.68. The summed E-state index contributed by atoms with van der Waals surface area (Å²) >= 11 is 1.27. The van der Waals surface area contributed by atoms with Crippen molar-refractivity contribution in [3.05, 3.63) is 70.7 Å². The maximum Gasteiger partial charge on any atom is 0.336 e. The number of allylic oxidation sites excluding steroid dienone is 1. The highest BCUT2D eigenvalue weighted by Crippen LogP contribution is 2.46. The molecule has 0 radical (unpaired) electrons. The minimum Gasteiger partial charge on any atom is -0.504 e. The van der Waals surface area contributed by atoms with Crippen LogP contribution in [0, 0.1) is 0 Å². The topological polar surface area (TPSA) is 130 Å². The van der Waals surface area contributed by atoms with Crippen molar-refractivity contribution in [1.29, 1.82) is 0 Å². The van der Waals surface area contributed by atoms with E-state index in [-0.39, 0.29) is 24.7 Å². The second-order valence-corrected chi connectivity index (χ2v) is 9.78. The molecule has 3 atom stereocenters. The van der Waals surface area contributed by atoms with Gasteiger partial charge in [-0.05, 0) is 51.5 Å². The van der Waals surface area contributed by atoms with Crippen molar-refractivity contribution < 1.29 is 29.3 Å². The summed E-state index contributed by atoms with van der Waals surface area (Å²) in [6, 6.07) is 13.2. The monoisotopic (exact) mass is 537 g/mol. The Morgan fingerprint density at radius 3 is 2.45 bits per heavy atom. The molecule has 0 spiro atoms. The molecular weight excluding hydrogens is 506 g/mol. The summed E-state index contributed by atoms with van der Waals surface area (Å²) < 4.78 is 11.1. The number of nitrogens with one attached hydrogen (secondary N) is 2. The van der Waals surface area contributed by atoms with Crippen molar-refractivity contribution in [2.45, 2.75) is 45.2 Å². The van der Waals surface area contributed by atoms with Crippen molar-refractivity contribution in [3.63, 3.8) is 0 Å². The Hall–Kier alpha value is -4.05. The quantitative estimate of drug-likeness (QED) is 0.242. The van der Waals surface area contributed by atoms with Gasteiger partial charge in [0, 0.05) is 16.6 Å². The van der Waals surface area contributed by atoms with Crippen LogP contribution in [0.25, 0.3) is 11.3 Å². The Kier molecular flexibility index (Phi) is 7.91. The fourth-order valence-electron chi connectivity index (χ4n) is 4.87. The summed E-state index contributed by atoms with van der Waals surface area (Å²) in [5.74, 6) is -2.31. The second-order valence-electron chi connectivity index (χ2n) is 8.92. The molecule has 4 N–H and O–H groups in total. The van der Waals surface area contributed by atoms with Gasteiger partial charge in [-0.1, -0.05) is 30.3 Å². The number of phenols is 2. The van der Waals surface area contributed by atoms with Crippen molar-refractivity contribution in [3.8, 4) is 22.8 Å². The highest BCUT2D eigenvalue weighted by molar-refractivity contribution is 7.14. The molecule has 2 aromatic carbocycles. The second kappa shape index (κ2) is 11.1. The van der Waals surface area contributed by atoms with Crippen molar-refractivity contribution in [1.82, 2.24) is 10.3 Å². The molecule has 1 aliphatic rings. The summed E-state index contributed by atoms with van der Waals surface area (Å²) in [5.41, 5.74) is 1.35. The maximum absolute atomic E-state index is 13.9. The molecule has 200 valence electrons. The number of carbonyl (C=O) groups excluding carboxylic acids is 2. The van der Waals surface area contributed by atoms with Gasteiger partial charge in [-0.3, -0.25) is 0 Å². The number of anilines is 1. The van der Waals surface area contributed by atoms with Crippen LogP contribution in [0.2, 0.25) is 0 Å². The number of nitrogens with zero attached hydrogens (tertiary/aromatic N) is 1. The van der Waals surface area contributed by atoms with Crippen LogP contribution < -0.4 is 10.6 Å². The first-order valence-corrected chi connectivity index (χ1v) is 13.2. The van der Waals surface area contributed by atoms with E-state index in [2.05, 4.69) is 15.6 Å². The number of carbonyl (C=O) groups is 2. The summed E-state index contributed by atoms with van der Waals surface area (Å²) in [5, 5.41) is 28.5. The number of esters is 2. The van der Waals surface area contributed by atoms with Gasteiger partial charge < -0.3 is 30.3 Å². The lowest BCUT2D eigenvalue weighted by Gasteiger charge is -2.48. The zero-order valence-electron chi connectivity index (χ0n) is 21.6. The third-order valence-corrected chi connectivity index (χ3v) is 7.35. The largest absolute Gasteiger partial charge is 0.504 e. The molecule has 10 heteroatoms. The standard InChI is InChI=1S/C28H31N3O6S/c1-5-36-25(34)23-16(3)29-17(4)28(26(35)37-6-2,24(23)18-10-8-7-9-11-18)31-27-30-20(15-38-27)19-12-13-21(32)22(33)14-19/h7-15,17,24,29,32-33H,5-6H2,1-4H3,(H,30,31). The van der Waals surface area contributed by atoms with Gasteiger partial charge in [-0.2, -0.15) is 0 Å². The number of ether oxygens (including phenoxy) is 2. The van der Waals surface area contributed by atoms with Gasteiger partial charge in [0.15, 0.2) is 22.2 Å². The fraction of sp³-hybridized carbons (Fsp3) is 0.321. The predicted octanol–water partition coefficient (Wildman–Crippen LogP) is 4.55. The maximum atomic E-state index is 13.9. The van der Waals surface area contributed by atoms with Crippen LogP contribution in [0.4, 0.5) is 5.13 Å². The summed E-state index contributed by atoms with van der Waals surface area (Å²) in [6.07, 6.45) is 0. The number of hydrogen-bond donors (Lipinski definition) is 4. The summed E-state index contributed by atoms with van der Waals surface area (Å²) in [7, 11) is 0. The fourth-order valence-corrected chi connectivity index (χ4v) is 5.66. The zero-order valence-corrected chi connectivity index (χ0v) is 22.5. The molecular formula is C28H31N3O6S. The number of benzene rings is 2. The molecule has 0 saturated heterocycles. The first-order valence-electron chi connectivity index (χ1n) is 12.4. The number of hydrogen-bond acceptors (Lipinski definition) is 10. The predicted molar refractivity (Wildman–Crippen MR) is 145 cm³/mol. The molecule has 0 aliphatic carbocycles. The van der Waals surface area contributed by atoms with E-state index in [9.17, 15) is 19.8 Å². The van der Waals surface area contributed by atoms with E-state index in [1.165, 1.54) is 23.5 Å². The molecule has 0 bridgehead atoms. The summed E-state index contributed by atoms with van der Waals surface area (Å²) in [6.45, 7) is 7.45. The first kappa shape index (κ1) is 27.0. The van der Waals surface area contributed by atoms with Crippen LogP contribution in [0.1, 0.15) is 39.2 Å². The number of phenolic OH excluding ortho intramolecular Hbond substituents is 2. The average molecular weight is 538 g/mol. The van der Waals surface area contributed by atoms with E-state index in [4.69, 9.17) is 9.47 Å². The Balaban J connectivity index is 1.88. The normalized spacial score (nSPS) is 20.9. The molecule has 0 amide bonds. The number of aromatic hydroxyl groups is 2.